The van der Waals surface area contributed by atoms with Gasteiger partial charge in [0.2, 0.25) is 0 Å². The third-order valence-electron chi connectivity index (χ3n) is 4.24. The maximum absolute atomic E-state index is 2.42. The Morgan fingerprint density at radius 2 is 1.29 bits per heavy atom. The standard InChI is InChI=1S/C20H17N/c1-15-8-2-6-12-19(15)21-14-16-9-3-4-10-17(16)18-11-5-7-13-20(18)21/h2-13H,14H2,1H3. The number of anilines is 2. The topological polar surface area (TPSA) is 3.24 Å². The van der Waals surface area contributed by atoms with E-state index in [2.05, 4.69) is 84.6 Å². The first-order chi connectivity index (χ1) is 10.3. The zero-order valence-electron chi connectivity index (χ0n) is 12.1. The van der Waals surface area contributed by atoms with Crippen LogP contribution in [-0.4, -0.2) is 0 Å². The number of aryl methyl sites for hydroxylation is 1. The van der Waals surface area contributed by atoms with Crippen molar-refractivity contribution in [3.05, 3.63) is 83.9 Å². The molecule has 0 spiro atoms. The fourth-order valence-electron chi connectivity index (χ4n) is 3.19. The Bertz CT molecular complexity index is 804. The van der Waals surface area contributed by atoms with E-state index in [0.717, 1.165) is 6.54 Å². The van der Waals surface area contributed by atoms with Crippen LogP contribution in [0.25, 0.3) is 11.1 Å². The summed E-state index contributed by atoms with van der Waals surface area (Å²) in [6.45, 7) is 3.11. The Labute approximate surface area is 125 Å². The highest BCUT2D eigenvalue weighted by Gasteiger charge is 2.22. The van der Waals surface area contributed by atoms with Gasteiger partial charge in [0.1, 0.15) is 0 Å². The predicted octanol–water partition coefficient (Wildman–Crippen LogP) is 5.31. The zero-order valence-corrected chi connectivity index (χ0v) is 12.1. The minimum absolute atomic E-state index is 0.929. The van der Waals surface area contributed by atoms with Crippen molar-refractivity contribution in [2.24, 2.45) is 0 Å². The first-order valence-corrected chi connectivity index (χ1v) is 7.35. The summed E-state index contributed by atoms with van der Waals surface area (Å²) < 4.78 is 0. The lowest BCUT2D eigenvalue weighted by atomic mass is 9.93. The second-order valence-electron chi connectivity index (χ2n) is 5.55. The van der Waals surface area contributed by atoms with Gasteiger partial charge in [-0.05, 0) is 35.7 Å². The van der Waals surface area contributed by atoms with Crippen LogP contribution in [-0.2, 0) is 6.54 Å². The summed E-state index contributed by atoms with van der Waals surface area (Å²) in [7, 11) is 0. The Balaban J connectivity index is 1.95. The molecule has 3 aromatic rings. The molecule has 0 amide bonds. The molecule has 102 valence electrons. The lowest BCUT2D eigenvalue weighted by Crippen LogP contribution is -2.22. The molecule has 3 aromatic carbocycles. The summed E-state index contributed by atoms with van der Waals surface area (Å²) in [5.74, 6) is 0. The molecule has 1 aliphatic heterocycles. The molecular formula is C20H17N. The second-order valence-corrected chi connectivity index (χ2v) is 5.55. The second kappa shape index (κ2) is 4.78. The Morgan fingerprint density at radius 3 is 2.10 bits per heavy atom. The molecule has 0 unspecified atom stereocenters. The van der Waals surface area contributed by atoms with Gasteiger partial charge in [-0.25, -0.2) is 0 Å². The highest BCUT2D eigenvalue weighted by atomic mass is 15.1. The van der Waals surface area contributed by atoms with Crippen molar-refractivity contribution in [2.45, 2.75) is 13.5 Å². The smallest absolute Gasteiger partial charge is 0.0493 e. The van der Waals surface area contributed by atoms with Crippen molar-refractivity contribution < 1.29 is 0 Å². The summed E-state index contributed by atoms with van der Waals surface area (Å²) in [5, 5.41) is 0. The van der Waals surface area contributed by atoms with Gasteiger partial charge in [-0.3, -0.25) is 0 Å². The number of benzene rings is 3. The number of rotatable bonds is 1. The average Bonchev–Trinajstić information content (AvgIpc) is 2.55. The van der Waals surface area contributed by atoms with Gasteiger partial charge in [0.25, 0.3) is 0 Å². The average molecular weight is 271 g/mol. The van der Waals surface area contributed by atoms with Crippen LogP contribution in [0.4, 0.5) is 11.4 Å². The van der Waals surface area contributed by atoms with Gasteiger partial charge in [0, 0.05) is 23.5 Å². The number of fused-ring (bicyclic) bond motifs is 3. The van der Waals surface area contributed by atoms with Crippen molar-refractivity contribution in [1.82, 2.24) is 0 Å². The molecular weight excluding hydrogens is 254 g/mol. The van der Waals surface area contributed by atoms with E-state index in [9.17, 15) is 0 Å². The van der Waals surface area contributed by atoms with Gasteiger partial charge in [0.05, 0.1) is 0 Å². The SMILES string of the molecule is Cc1ccccc1N1Cc2ccccc2-c2ccccc21. The van der Waals surface area contributed by atoms with E-state index in [4.69, 9.17) is 0 Å². The lowest BCUT2D eigenvalue weighted by molar-refractivity contribution is 0.955. The largest absolute Gasteiger partial charge is 0.336 e. The molecule has 21 heavy (non-hydrogen) atoms. The van der Waals surface area contributed by atoms with Crippen LogP contribution < -0.4 is 4.90 Å². The van der Waals surface area contributed by atoms with Gasteiger partial charge in [-0.15, -0.1) is 0 Å². The van der Waals surface area contributed by atoms with Crippen LogP contribution in [0.2, 0.25) is 0 Å². The lowest BCUT2D eigenvalue weighted by Gasteiger charge is -2.33. The van der Waals surface area contributed by atoms with Gasteiger partial charge >= 0.3 is 0 Å². The highest BCUT2D eigenvalue weighted by Crippen LogP contribution is 2.42. The number of para-hydroxylation sites is 2. The molecule has 0 N–H and O–H groups in total. The summed E-state index contributed by atoms with van der Waals surface area (Å²) >= 11 is 0. The monoisotopic (exact) mass is 271 g/mol. The fourth-order valence-corrected chi connectivity index (χ4v) is 3.19. The Hall–Kier alpha value is -2.54. The Morgan fingerprint density at radius 1 is 0.667 bits per heavy atom. The van der Waals surface area contributed by atoms with Crippen molar-refractivity contribution >= 4 is 11.4 Å². The fraction of sp³-hybridized carbons (Fsp3) is 0.100. The minimum atomic E-state index is 0.929. The summed E-state index contributed by atoms with van der Waals surface area (Å²) in [5.41, 5.74) is 7.97. The van der Waals surface area contributed by atoms with E-state index < -0.39 is 0 Å². The molecule has 1 heteroatoms. The molecule has 1 aliphatic rings. The van der Waals surface area contributed by atoms with Crippen LogP contribution in [0.15, 0.2) is 72.8 Å². The molecule has 0 radical (unpaired) electrons. The van der Waals surface area contributed by atoms with Gasteiger partial charge in [0.15, 0.2) is 0 Å². The molecule has 0 saturated carbocycles. The summed E-state index contributed by atoms with van der Waals surface area (Å²) in [6, 6.07) is 26.0. The number of nitrogens with zero attached hydrogens (tertiary/aromatic N) is 1. The maximum atomic E-state index is 2.42. The molecule has 0 saturated heterocycles. The van der Waals surface area contributed by atoms with Gasteiger partial charge in [-0.1, -0.05) is 60.7 Å². The first-order valence-electron chi connectivity index (χ1n) is 7.35. The molecule has 4 rings (SSSR count). The number of hydrogen-bond acceptors (Lipinski definition) is 1. The van der Waals surface area contributed by atoms with Gasteiger partial charge < -0.3 is 4.90 Å². The third kappa shape index (κ3) is 1.93. The third-order valence-corrected chi connectivity index (χ3v) is 4.24. The summed E-state index contributed by atoms with van der Waals surface area (Å²) in [6.07, 6.45) is 0. The maximum Gasteiger partial charge on any atom is 0.0493 e. The highest BCUT2D eigenvalue weighted by molar-refractivity contribution is 5.87. The van der Waals surface area contributed by atoms with E-state index >= 15 is 0 Å². The quantitative estimate of drug-likeness (QED) is 0.579. The molecule has 0 atom stereocenters. The molecule has 0 aromatic heterocycles. The molecule has 0 aliphatic carbocycles. The van der Waals surface area contributed by atoms with E-state index in [0.29, 0.717) is 0 Å². The molecule has 1 nitrogen and oxygen atoms in total. The summed E-state index contributed by atoms with van der Waals surface area (Å²) in [4.78, 5) is 2.42. The first kappa shape index (κ1) is 12.2. The normalized spacial score (nSPS) is 12.7. The molecule has 0 fully saturated rings. The van der Waals surface area contributed by atoms with E-state index in [1.807, 2.05) is 0 Å². The van der Waals surface area contributed by atoms with Crippen molar-refractivity contribution in [3.63, 3.8) is 0 Å². The van der Waals surface area contributed by atoms with Gasteiger partial charge in [-0.2, -0.15) is 0 Å². The van der Waals surface area contributed by atoms with Crippen molar-refractivity contribution in [1.29, 1.82) is 0 Å². The van der Waals surface area contributed by atoms with Crippen LogP contribution in [0.3, 0.4) is 0 Å². The zero-order chi connectivity index (χ0) is 14.2. The Kier molecular flexibility index (Phi) is 2.78. The van der Waals surface area contributed by atoms with Crippen molar-refractivity contribution in [2.75, 3.05) is 4.90 Å². The molecule has 1 heterocycles. The van der Waals surface area contributed by atoms with Crippen LogP contribution in [0.5, 0.6) is 0 Å². The van der Waals surface area contributed by atoms with E-state index in [1.165, 1.54) is 33.6 Å². The predicted molar refractivity (Wildman–Crippen MR) is 88.9 cm³/mol. The molecule has 0 bridgehead atoms. The van der Waals surface area contributed by atoms with Crippen LogP contribution >= 0.6 is 0 Å². The van der Waals surface area contributed by atoms with Crippen LogP contribution in [0.1, 0.15) is 11.1 Å². The van der Waals surface area contributed by atoms with E-state index in [1.54, 1.807) is 0 Å². The van der Waals surface area contributed by atoms with Crippen molar-refractivity contribution in [3.8, 4) is 11.1 Å². The number of hydrogen-bond donors (Lipinski definition) is 0. The van der Waals surface area contributed by atoms with Crippen LogP contribution in [0, 0.1) is 6.92 Å². The van der Waals surface area contributed by atoms with E-state index in [-0.39, 0.29) is 0 Å². The minimum Gasteiger partial charge on any atom is -0.336 e.